The molecule has 5 heteroatoms. The Bertz CT molecular complexity index is 998. The molecule has 0 aliphatic carbocycles. The van der Waals surface area contributed by atoms with Crippen molar-refractivity contribution in [3.63, 3.8) is 0 Å². The molecule has 0 unspecified atom stereocenters. The predicted molar refractivity (Wildman–Crippen MR) is 117 cm³/mol. The largest absolute Gasteiger partial charge is 0.480 e. The number of fused-ring (bicyclic) bond motifs is 1. The van der Waals surface area contributed by atoms with Crippen LogP contribution in [0.25, 0.3) is 22.0 Å². The number of anilines is 1. The fraction of sp³-hybridized carbons (Fsp3) is 0.333. The van der Waals surface area contributed by atoms with Gasteiger partial charge in [0.25, 0.3) is 0 Å². The van der Waals surface area contributed by atoms with Gasteiger partial charge in [-0.25, -0.2) is 4.98 Å². The molecule has 1 aliphatic rings. The van der Waals surface area contributed by atoms with Crippen molar-refractivity contribution in [2.24, 2.45) is 0 Å². The van der Waals surface area contributed by atoms with Gasteiger partial charge in [-0.3, -0.25) is 4.79 Å². The first-order valence-corrected chi connectivity index (χ1v) is 10.2. The van der Waals surface area contributed by atoms with Crippen LogP contribution >= 0.6 is 0 Å². The van der Waals surface area contributed by atoms with E-state index < -0.39 is 5.97 Å². The standard InChI is InChI=1S/C24H27N3O2/c1-26(17-24(28)29)23-16-20(19-7-3-2-4-8-19)21-15-18(9-10-22(21)25-23)11-14-27-12-5-6-13-27/h2-4,7-10,15-16H,5-6,11-14,17H2,1H3,(H,28,29). The Morgan fingerprint density at radius 1 is 1.10 bits per heavy atom. The highest BCUT2D eigenvalue weighted by Gasteiger charge is 2.14. The van der Waals surface area contributed by atoms with E-state index in [0.29, 0.717) is 5.82 Å². The number of hydrogen-bond donors (Lipinski definition) is 1. The topological polar surface area (TPSA) is 56.7 Å². The minimum absolute atomic E-state index is 0.0827. The lowest BCUT2D eigenvalue weighted by Gasteiger charge is -2.19. The zero-order valence-corrected chi connectivity index (χ0v) is 16.8. The maximum atomic E-state index is 11.2. The van der Waals surface area contributed by atoms with E-state index in [2.05, 4.69) is 35.2 Å². The van der Waals surface area contributed by atoms with Gasteiger partial charge in [0, 0.05) is 19.0 Å². The van der Waals surface area contributed by atoms with Crippen LogP contribution in [-0.4, -0.2) is 54.2 Å². The van der Waals surface area contributed by atoms with Gasteiger partial charge < -0.3 is 14.9 Å². The summed E-state index contributed by atoms with van der Waals surface area (Å²) in [5.74, 6) is -0.198. The molecular formula is C24H27N3O2. The average Bonchev–Trinajstić information content (AvgIpc) is 3.25. The van der Waals surface area contributed by atoms with E-state index in [4.69, 9.17) is 10.1 Å². The molecule has 5 nitrogen and oxygen atoms in total. The SMILES string of the molecule is CN(CC(=O)O)c1cc(-c2ccccc2)c2cc(CCN3CCCC3)ccc2n1. The van der Waals surface area contributed by atoms with Crippen LogP contribution in [0.4, 0.5) is 5.82 Å². The Hall–Kier alpha value is -2.92. The summed E-state index contributed by atoms with van der Waals surface area (Å²) in [4.78, 5) is 20.1. The van der Waals surface area contributed by atoms with Gasteiger partial charge in [-0.2, -0.15) is 0 Å². The second-order valence-corrected chi connectivity index (χ2v) is 7.79. The Morgan fingerprint density at radius 3 is 2.59 bits per heavy atom. The molecule has 1 aliphatic heterocycles. The third-order valence-electron chi connectivity index (χ3n) is 5.62. The summed E-state index contributed by atoms with van der Waals surface area (Å²) in [5.41, 5.74) is 4.41. The molecule has 0 spiro atoms. The van der Waals surface area contributed by atoms with Crippen molar-refractivity contribution < 1.29 is 9.90 Å². The molecule has 1 N–H and O–H groups in total. The first-order chi connectivity index (χ1) is 14.1. The molecule has 1 saturated heterocycles. The zero-order valence-electron chi connectivity index (χ0n) is 16.8. The quantitative estimate of drug-likeness (QED) is 0.660. The molecule has 2 aromatic carbocycles. The van der Waals surface area contributed by atoms with Crippen LogP contribution < -0.4 is 4.90 Å². The molecule has 3 aromatic rings. The van der Waals surface area contributed by atoms with Crippen LogP contribution in [0.5, 0.6) is 0 Å². The van der Waals surface area contributed by atoms with Crippen molar-refractivity contribution in [1.82, 2.24) is 9.88 Å². The second-order valence-electron chi connectivity index (χ2n) is 7.79. The lowest BCUT2D eigenvalue weighted by Crippen LogP contribution is -2.26. The smallest absolute Gasteiger partial charge is 0.323 e. The van der Waals surface area contributed by atoms with E-state index in [0.717, 1.165) is 35.0 Å². The number of hydrogen-bond acceptors (Lipinski definition) is 4. The van der Waals surface area contributed by atoms with E-state index in [9.17, 15) is 4.79 Å². The number of carboxylic acid groups (broad SMARTS) is 1. The van der Waals surface area contributed by atoms with E-state index in [1.807, 2.05) is 24.3 Å². The van der Waals surface area contributed by atoms with Gasteiger partial charge in [-0.15, -0.1) is 0 Å². The summed E-state index contributed by atoms with van der Waals surface area (Å²) in [5, 5.41) is 10.3. The van der Waals surface area contributed by atoms with Crippen molar-refractivity contribution in [2.75, 3.05) is 38.1 Å². The van der Waals surface area contributed by atoms with Gasteiger partial charge in [0.05, 0.1) is 5.52 Å². The lowest BCUT2D eigenvalue weighted by atomic mass is 9.98. The molecular weight excluding hydrogens is 362 g/mol. The van der Waals surface area contributed by atoms with Crippen molar-refractivity contribution in [1.29, 1.82) is 0 Å². The molecule has 2 heterocycles. The Labute approximate surface area is 171 Å². The number of aliphatic carboxylic acids is 1. The molecule has 1 fully saturated rings. The Morgan fingerprint density at radius 2 is 1.86 bits per heavy atom. The molecule has 150 valence electrons. The summed E-state index contributed by atoms with van der Waals surface area (Å²) in [6, 6.07) is 18.7. The minimum atomic E-state index is -0.868. The van der Waals surface area contributed by atoms with E-state index >= 15 is 0 Å². The number of benzene rings is 2. The van der Waals surface area contributed by atoms with Crippen LogP contribution in [-0.2, 0) is 11.2 Å². The zero-order chi connectivity index (χ0) is 20.2. The van der Waals surface area contributed by atoms with Crippen LogP contribution in [0.3, 0.4) is 0 Å². The number of nitrogens with zero attached hydrogens (tertiary/aromatic N) is 3. The first-order valence-electron chi connectivity index (χ1n) is 10.2. The second kappa shape index (κ2) is 8.62. The van der Waals surface area contributed by atoms with Crippen molar-refractivity contribution >= 4 is 22.7 Å². The summed E-state index contributed by atoms with van der Waals surface area (Å²) in [7, 11) is 1.77. The van der Waals surface area contributed by atoms with Gasteiger partial charge in [0.2, 0.25) is 0 Å². The summed E-state index contributed by atoms with van der Waals surface area (Å²) in [6.45, 7) is 3.44. The molecule has 29 heavy (non-hydrogen) atoms. The molecule has 0 atom stereocenters. The minimum Gasteiger partial charge on any atom is -0.480 e. The van der Waals surface area contributed by atoms with Crippen LogP contribution in [0.2, 0.25) is 0 Å². The summed E-state index contributed by atoms with van der Waals surface area (Å²) < 4.78 is 0. The van der Waals surface area contributed by atoms with E-state index in [1.54, 1.807) is 11.9 Å². The number of carbonyl (C=O) groups is 1. The van der Waals surface area contributed by atoms with Gasteiger partial charge in [-0.1, -0.05) is 36.4 Å². The number of pyridine rings is 1. The van der Waals surface area contributed by atoms with Gasteiger partial charge >= 0.3 is 5.97 Å². The fourth-order valence-corrected chi connectivity index (χ4v) is 4.04. The summed E-state index contributed by atoms with van der Waals surface area (Å²) >= 11 is 0. The van der Waals surface area contributed by atoms with Gasteiger partial charge in [0.15, 0.2) is 0 Å². The van der Waals surface area contributed by atoms with Crippen molar-refractivity contribution in [2.45, 2.75) is 19.3 Å². The first kappa shape index (κ1) is 19.4. The maximum absolute atomic E-state index is 11.2. The Balaban J connectivity index is 1.72. The number of rotatable bonds is 7. The van der Waals surface area contributed by atoms with Crippen molar-refractivity contribution in [3.8, 4) is 11.1 Å². The van der Waals surface area contributed by atoms with Crippen LogP contribution in [0.1, 0.15) is 18.4 Å². The molecule has 1 aromatic heterocycles. The van der Waals surface area contributed by atoms with Gasteiger partial charge in [-0.05, 0) is 67.2 Å². The average molecular weight is 389 g/mol. The molecule has 4 rings (SSSR count). The number of carboxylic acids is 1. The van der Waals surface area contributed by atoms with Gasteiger partial charge in [0.1, 0.15) is 12.4 Å². The highest BCUT2D eigenvalue weighted by Crippen LogP contribution is 2.32. The highest BCUT2D eigenvalue weighted by molar-refractivity contribution is 5.96. The number of likely N-dealkylation sites (tertiary alicyclic amines) is 1. The molecule has 0 amide bonds. The molecule has 0 radical (unpaired) electrons. The Kier molecular flexibility index (Phi) is 5.76. The van der Waals surface area contributed by atoms with Crippen LogP contribution in [0.15, 0.2) is 54.6 Å². The van der Waals surface area contributed by atoms with Crippen molar-refractivity contribution in [3.05, 3.63) is 60.2 Å². The third-order valence-corrected chi connectivity index (χ3v) is 5.62. The predicted octanol–water partition coefficient (Wildman–Crippen LogP) is 4.06. The van der Waals surface area contributed by atoms with E-state index in [1.165, 1.54) is 31.5 Å². The van der Waals surface area contributed by atoms with Crippen LogP contribution in [0, 0.1) is 0 Å². The molecule has 0 saturated carbocycles. The van der Waals surface area contributed by atoms with E-state index in [-0.39, 0.29) is 6.54 Å². The molecule has 0 bridgehead atoms. The fourth-order valence-electron chi connectivity index (χ4n) is 4.04. The highest BCUT2D eigenvalue weighted by atomic mass is 16.4. The maximum Gasteiger partial charge on any atom is 0.323 e. The normalized spacial score (nSPS) is 14.4. The number of likely N-dealkylation sites (N-methyl/N-ethyl adjacent to an activating group) is 1. The third kappa shape index (κ3) is 4.57. The number of aromatic nitrogens is 1. The monoisotopic (exact) mass is 389 g/mol. The summed E-state index contributed by atoms with van der Waals surface area (Å²) in [6.07, 6.45) is 3.66. The lowest BCUT2D eigenvalue weighted by molar-refractivity contribution is -0.135.